The molecule has 0 nitrogen and oxygen atoms in total. The maximum absolute atomic E-state index is 4.16. The van der Waals surface area contributed by atoms with Gasteiger partial charge in [-0.1, -0.05) is 78.3 Å². The first-order valence-corrected chi connectivity index (χ1v) is 7.49. The highest BCUT2D eigenvalue weighted by Crippen LogP contribution is 2.21. The van der Waals surface area contributed by atoms with E-state index in [4.69, 9.17) is 0 Å². The lowest BCUT2D eigenvalue weighted by Gasteiger charge is -2.08. The lowest BCUT2D eigenvalue weighted by Crippen LogP contribution is -1.87. The van der Waals surface area contributed by atoms with Gasteiger partial charge in [-0.2, -0.15) is 0 Å². The topological polar surface area (TPSA) is 0 Å². The molecule has 104 valence electrons. The van der Waals surface area contributed by atoms with Gasteiger partial charge < -0.3 is 0 Å². The zero-order valence-corrected chi connectivity index (χ0v) is 13.3. The van der Waals surface area contributed by atoms with Crippen molar-refractivity contribution in [1.82, 2.24) is 0 Å². The Morgan fingerprint density at radius 2 is 1.56 bits per heavy atom. The largest absolute Gasteiger partial charge is 0.0952 e. The van der Waals surface area contributed by atoms with Crippen LogP contribution in [-0.4, -0.2) is 0 Å². The molecule has 0 saturated heterocycles. The van der Waals surface area contributed by atoms with Crippen molar-refractivity contribution in [2.75, 3.05) is 0 Å². The molecule has 0 N–H and O–H groups in total. The highest BCUT2D eigenvalue weighted by Gasteiger charge is 2.00. The zero-order chi connectivity index (χ0) is 14.4. The van der Waals surface area contributed by atoms with E-state index in [-0.39, 0.29) is 0 Å². The van der Waals surface area contributed by atoms with E-state index in [0.717, 1.165) is 6.42 Å². The average Bonchev–Trinajstić information content (AvgIpc) is 2.44. The van der Waals surface area contributed by atoms with E-state index in [1.165, 1.54) is 36.0 Å². The number of unbranched alkanes of at least 4 members (excludes halogenated alkanes) is 2. The van der Waals surface area contributed by atoms with Gasteiger partial charge in [-0.05, 0) is 36.5 Å². The molecular weight excluding hydrogens is 216 g/mol. The predicted octanol–water partition coefficient (Wildman–Crippen LogP) is 6.64. The van der Waals surface area contributed by atoms with Gasteiger partial charge in [0.15, 0.2) is 0 Å². The van der Waals surface area contributed by atoms with Gasteiger partial charge in [-0.25, -0.2) is 0 Å². The lowest BCUT2D eigenvalue weighted by atomic mass is 9.97. The minimum Gasteiger partial charge on any atom is -0.0952 e. The van der Waals surface area contributed by atoms with Crippen molar-refractivity contribution in [1.29, 1.82) is 0 Å². The Kier molecular flexibility index (Phi) is 15.0. The number of rotatable bonds is 5. The molecule has 0 aromatic heterocycles. The predicted molar refractivity (Wildman–Crippen MR) is 87.1 cm³/mol. The van der Waals surface area contributed by atoms with Crippen LogP contribution in [-0.2, 0) is 0 Å². The van der Waals surface area contributed by atoms with E-state index in [2.05, 4.69) is 44.7 Å². The smallest absolute Gasteiger partial charge is 0.0201 e. The Balaban J connectivity index is 0. The Morgan fingerprint density at radius 3 is 2.06 bits per heavy atom. The Bertz CT molecular complexity index is 297. The van der Waals surface area contributed by atoms with Crippen molar-refractivity contribution in [2.45, 2.75) is 67.2 Å². The summed E-state index contributed by atoms with van der Waals surface area (Å²) in [5.74, 6) is 0. The molecule has 0 fully saturated rings. The van der Waals surface area contributed by atoms with Crippen molar-refractivity contribution < 1.29 is 0 Å². The van der Waals surface area contributed by atoms with Crippen molar-refractivity contribution in [2.24, 2.45) is 0 Å². The molecule has 0 amide bonds. The minimum absolute atomic E-state index is 1.14. The van der Waals surface area contributed by atoms with Gasteiger partial charge in [0.05, 0.1) is 0 Å². The molecule has 0 bridgehead atoms. The Labute approximate surface area is 115 Å². The quantitative estimate of drug-likeness (QED) is 0.512. The van der Waals surface area contributed by atoms with Crippen LogP contribution in [0.1, 0.15) is 71.4 Å². The molecule has 1 aromatic rings. The van der Waals surface area contributed by atoms with Gasteiger partial charge in [-0.3, -0.25) is 0 Å². The molecule has 1 rings (SSSR count). The fraction of sp³-hybridized carbons (Fsp3) is 0.556. The second kappa shape index (κ2) is 14.0. The summed E-state index contributed by atoms with van der Waals surface area (Å²) in [6, 6.07) is 8.50. The summed E-state index contributed by atoms with van der Waals surface area (Å²) >= 11 is 0. The third kappa shape index (κ3) is 8.11. The fourth-order valence-electron chi connectivity index (χ4n) is 1.69. The molecular formula is C18H32. The van der Waals surface area contributed by atoms with Crippen LogP contribution < -0.4 is 0 Å². The van der Waals surface area contributed by atoms with E-state index >= 15 is 0 Å². The first kappa shape index (κ1) is 19.3. The van der Waals surface area contributed by atoms with E-state index in [1.807, 2.05) is 27.7 Å². The number of allylic oxidation sites excluding steroid dienone is 1. The van der Waals surface area contributed by atoms with Crippen molar-refractivity contribution in [3.05, 3.63) is 42.0 Å². The molecule has 0 saturated carbocycles. The molecule has 0 spiro atoms. The standard InChI is InChI=1S/C14H20.2C2H6/c1-4-5-6-9-12(2)14-11-8-7-10-13(14)3;2*1-2/h7-8,10-11H,2,4-6,9H2,1,3H3;2*1-2H3. The van der Waals surface area contributed by atoms with Crippen molar-refractivity contribution in [3.8, 4) is 0 Å². The molecule has 0 aliphatic heterocycles. The van der Waals surface area contributed by atoms with E-state index < -0.39 is 0 Å². The summed E-state index contributed by atoms with van der Waals surface area (Å²) < 4.78 is 0. The van der Waals surface area contributed by atoms with Gasteiger partial charge in [0.1, 0.15) is 0 Å². The molecule has 0 atom stereocenters. The second-order valence-electron chi connectivity index (χ2n) is 3.88. The van der Waals surface area contributed by atoms with Gasteiger partial charge in [-0.15, -0.1) is 0 Å². The monoisotopic (exact) mass is 248 g/mol. The van der Waals surface area contributed by atoms with E-state index in [0.29, 0.717) is 0 Å². The molecule has 0 aliphatic rings. The number of benzene rings is 1. The zero-order valence-electron chi connectivity index (χ0n) is 13.3. The van der Waals surface area contributed by atoms with E-state index in [1.54, 1.807) is 0 Å². The molecule has 0 radical (unpaired) electrons. The third-order valence-corrected chi connectivity index (χ3v) is 2.61. The van der Waals surface area contributed by atoms with Crippen molar-refractivity contribution >= 4 is 5.57 Å². The summed E-state index contributed by atoms with van der Waals surface area (Å²) in [5, 5.41) is 0. The van der Waals surface area contributed by atoms with Crippen LogP contribution in [0.25, 0.3) is 5.57 Å². The SMILES string of the molecule is C=C(CCCCC)c1ccccc1C.CC.CC. The molecule has 0 heterocycles. The normalized spacial score (nSPS) is 8.56. The van der Waals surface area contributed by atoms with Crippen LogP contribution in [0, 0.1) is 6.92 Å². The van der Waals surface area contributed by atoms with Crippen LogP contribution in [0.2, 0.25) is 0 Å². The van der Waals surface area contributed by atoms with Crippen LogP contribution in [0.4, 0.5) is 0 Å². The fourth-order valence-corrected chi connectivity index (χ4v) is 1.69. The first-order chi connectivity index (χ1) is 8.75. The first-order valence-electron chi connectivity index (χ1n) is 7.49. The summed E-state index contributed by atoms with van der Waals surface area (Å²) in [6.07, 6.45) is 4.99. The van der Waals surface area contributed by atoms with E-state index in [9.17, 15) is 0 Å². The van der Waals surface area contributed by atoms with Gasteiger partial charge in [0, 0.05) is 0 Å². The highest BCUT2D eigenvalue weighted by atomic mass is 14.1. The molecule has 0 heteroatoms. The van der Waals surface area contributed by atoms with Crippen LogP contribution in [0.15, 0.2) is 30.8 Å². The Morgan fingerprint density at radius 1 is 1.00 bits per heavy atom. The van der Waals surface area contributed by atoms with Crippen LogP contribution >= 0.6 is 0 Å². The van der Waals surface area contributed by atoms with Gasteiger partial charge in [0.25, 0.3) is 0 Å². The van der Waals surface area contributed by atoms with Crippen molar-refractivity contribution in [3.63, 3.8) is 0 Å². The molecule has 1 aromatic carbocycles. The average molecular weight is 248 g/mol. The van der Waals surface area contributed by atoms with Crippen LogP contribution in [0.3, 0.4) is 0 Å². The lowest BCUT2D eigenvalue weighted by molar-refractivity contribution is 0.735. The maximum Gasteiger partial charge on any atom is -0.0201 e. The number of hydrogen-bond donors (Lipinski definition) is 0. The minimum atomic E-state index is 1.14. The Hall–Kier alpha value is -1.04. The molecule has 0 aliphatic carbocycles. The molecule has 18 heavy (non-hydrogen) atoms. The van der Waals surface area contributed by atoms with Gasteiger partial charge >= 0.3 is 0 Å². The third-order valence-electron chi connectivity index (χ3n) is 2.61. The number of hydrogen-bond acceptors (Lipinski definition) is 0. The second-order valence-corrected chi connectivity index (χ2v) is 3.88. The maximum atomic E-state index is 4.16. The van der Waals surface area contributed by atoms with Crippen LogP contribution in [0.5, 0.6) is 0 Å². The highest BCUT2D eigenvalue weighted by molar-refractivity contribution is 5.65. The van der Waals surface area contributed by atoms with Gasteiger partial charge in [0.2, 0.25) is 0 Å². The summed E-state index contributed by atoms with van der Waals surface area (Å²) in [4.78, 5) is 0. The summed E-state index contributed by atoms with van der Waals surface area (Å²) in [7, 11) is 0. The number of aryl methyl sites for hydroxylation is 1. The summed E-state index contributed by atoms with van der Waals surface area (Å²) in [5.41, 5.74) is 3.97. The molecule has 0 unspecified atom stereocenters. The summed E-state index contributed by atoms with van der Waals surface area (Å²) in [6.45, 7) is 16.5.